The third-order valence-electron chi connectivity index (χ3n) is 2.88. The summed E-state index contributed by atoms with van der Waals surface area (Å²) in [5.74, 6) is 0.514. The number of ether oxygens (including phenoxy) is 2. The monoisotopic (exact) mass is 255 g/mol. The highest BCUT2D eigenvalue weighted by molar-refractivity contribution is 5.40. The lowest BCUT2D eigenvalue weighted by molar-refractivity contribution is 0.109. The molecule has 102 valence electrons. The highest BCUT2D eigenvalue weighted by Gasteiger charge is 2.13. The molecule has 0 radical (unpaired) electrons. The van der Waals surface area contributed by atoms with Crippen molar-refractivity contribution in [2.24, 2.45) is 0 Å². The Kier molecular flexibility index (Phi) is 6.09. The van der Waals surface area contributed by atoms with Crippen LogP contribution in [0.4, 0.5) is 4.39 Å². The molecule has 0 fully saturated rings. The zero-order chi connectivity index (χ0) is 13.5. The van der Waals surface area contributed by atoms with Gasteiger partial charge in [-0.3, -0.25) is 0 Å². The van der Waals surface area contributed by atoms with Crippen molar-refractivity contribution < 1.29 is 13.9 Å². The maximum absolute atomic E-state index is 13.6. The molecule has 0 saturated carbocycles. The van der Waals surface area contributed by atoms with Crippen LogP contribution in [0.3, 0.4) is 0 Å². The highest BCUT2D eigenvalue weighted by atomic mass is 19.1. The highest BCUT2D eigenvalue weighted by Crippen LogP contribution is 2.28. The summed E-state index contributed by atoms with van der Waals surface area (Å²) in [6.07, 6.45) is 0. The summed E-state index contributed by atoms with van der Waals surface area (Å²) in [5.41, 5.74) is 1.42. The van der Waals surface area contributed by atoms with E-state index < -0.39 is 0 Å². The van der Waals surface area contributed by atoms with Crippen LogP contribution in [0.1, 0.15) is 31.0 Å². The Morgan fingerprint density at radius 3 is 2.67 bits per heavy atom. The molecule has 1 unspecified atom stereocenters. The molecule has 0 bridgehead atoms. The Morgan fingerprint density at radius 2 is 2.06 bits per heavy atom. The summed E-state index contributed by atoms with van der Waals surface area (Å²) in [4.78, 5) is 0. The van der Waals surface area contributed by atoms with E-state index in [0.29, 0.717) is 25.4 Å². The van der Waals surface area contributed by atoms with Crippen LogP contribution in [-0.2, 0) is 4.74 Å². The van der Waals surface area contributed by atoms with Crippen LogP contribution < -0.4 is 10.1 Å². The van der Waals surface area contributed by atoms with E-state index in [0.717, 1.165) is 11.3 Å². The zero-order valence-corrected chi connectivity index (χ0v) is 11.5. The van der Waals surface area contributed by atoms with Crippen LogP contribution in [-0.4, -0.2) is 26.9 Å². The molecular weight excluding hydrogens is 233 g/mol. The van der Waals surface area contributed by atoms with Gasteiger partial charge in [-0.1, -0.05) is 0 Å². The Hall–Kier alpha value is -1.13. The van der Waals surface area contributed by atoms with E-state index in [1.165, 1.54) is 6.07 Å². The molecule has 1 atom stereocenters. The van der Waals surface area contributed by atoms with Crippen molar-refractivity contribution in [3.8, 4) is 5.75 Å². The van der Waals surface area contributed by atoms with Crippen molar-refractivity contribution in [2.45, 2.75) is 26.8 Å². The van der Waals surface area contributed by atoms with Crippen LogP contribution in [0.25, 0.3) is 0 Å². The number of halogens is 1. The molecule has 0 aromatic heterocycles. The first-order valence-electron chi connectivity index (χ1n) is 6.28. The fourth-order valence-corrected chi connectivity index (χ4v) is 1.64. The van der Waals surface area contributed by atoms with Gasteiger partial charge >= 0.3 is 0 Å². The second kappa shape index (κ2) is 7.34. The number of hydrogen-bond acceptors (Lipinski definition) is 3. The van der Waals surface area contributed by atoms with Crippen molar-refractivity contribution in [1.29, 1.82) is 0 Å². The number of rotatable bonds is 7. The van der Waals surface area contributed by atoms with Gasteiger partial charge in [0.1, 0.15) is 18.2 Å². The van der Waals surface area contributed by atoms with Gasteiger partial charge in [0.15, 0.2) is 0 Å². The lowest BCUT2D eigenvalue weighted by Crippen LogP contribution is -2.15. The summed E-state index contributed by atoms with van der Waals surface area (Å²) in [6, 6.07) is 3.32. The molecule has 3 nitrogen and oxygen atoms in total. The van der Waals surface area contributed by atoms with E-state index in [2.05, 4.69) is 5.32 Å². The molecule has 0 aliphatic rings. The maximum atomic E-state index is 13.6. The fraction of sp³-hybridized carbons (Fsp3) is 0.571. The van der Waals surface area contributed by atoms with Crippen molar-refractivity contribution >= 4 is 0 Å². The SMILES string of the molecule is CCOCCOc1cc(C)c(F)cc1C(C)NC. The predicted molar refractivity (Wildman–Crippen MR) is 70.6 cm³/mol. The number of nitrogens with one attached hydrogen (secondary N) is 1. The molecule has 0 heterocycles. The quantitative estimate of drug-likeness (QED) is 0.760. The number of benzene rings is 1. The minimum atomic E-state index is -0.204. The summed E-state index contributed by atoms with van der Waals surface area (Å²) in [7, 11) is 1.84. The van der Waals surface area contributed by atoms with Gasteiger partial charge in [0.05, 0.1) is 6.61 Å². The van der Waals surface area contributed by atoms with E-state index in [4.69, 9.17) is 9.47 Å². The minimum absolute atomic E-state index is 0.0437. The van der Waals surface area contributed by atoms with Gasteiger partial charge in [-0.25, -0.2) is 4.39 Å². The first kappa shape index (κ1) is 14.9. The zero-order valence-electron chi connectivity index (χ0n) is 11.5. The van der Waals surface area contributed by atoms with Gasteiger partial charge in [-0.2, -0.15) is 0 Å². The molecule has 0 aliphatic carbocycles. The molecule has 1 aromatic carbocycles. The molecule has 18 heavy (non-hydrogen) atoms. The van der Waals surface area contributed by atoms with E-state index in [1.54, 1.807) is 13.0 Å². The topological polar surface area (TPSA) is 30.5 Å². The summed E-state index contributed by atoms with van der Waals surface area (Å²) >= 11 is 0. The lowest BCUT2D eigenvalue weighted by atomic mass is 10.0. The largest absolute Gasteiger partial charge is 0.491 e. The third-order valence-corrected chi connectivity index (χ3v) is 2.88. The molecule has 1 aromatic rings. The molecule has 0 saturated heterocycles. The molecular formula is C14H22FNO2. The van der Waals surface area contributed by atoms with E-state index in [9.17, 15) is 4.39 Å². The van der Waals surface area contributed by atoms with E-state index in [-0.39, 0.29) is 11.9 Å². The average Bonchev–Trinajstić information content (AvgIpc) is 2.37. The van der Waals surface area contributed by atoms with Crippen LogP contribution in [0, 0.1) is 12.7 Å². The fourth-order valence-electron chi connectivity index (χ4n) is 1.64. The van der Waals surface area contributed by atoms with Gasteiger partial charge in [-0.15, -0.1) is 0 Å². The van der Waals surface area contributed by atoms with Crippen molar-refractivity contribution in [1.82, 2.24) is 5.32 Å². The Labute approximate surface area is 108 Å². The average molecular weight is 255 g/mol. The van der Waals surface area contributed by atoms with Crippen LogP contribution >= 0.6 is 0 Å². The Morgan fingerprint density at radius 1 is 1.33 bits per heavy atom. The summed E-state index contributed by atoms with van der Waals surface area (Å²) in [5, 5.41) is 3.09. The second-order valence-electron chi connectivity index (χ2n) is 4.19. The summed E-state index contributed by atoms with van der Waals surface area (Å²) < 4.78 is 24.5. The molecule has 0 aliphatic heterocycles. The van der Waals surface area contributed by atoms with Crippen LogP contribution in [0.15, 0.2) is 12.1 Å². The second-order valence-corrected chi connectivity index (χ2v) is 4.19. The van der Waals surface area contributed by atoms with Gasteiger partial charge in [0.25, 0.3) is 0 Å². The number of hydrogen-bond donors (Lipinski definition) is 1. The van der Waals surface area contributed by atoms with Crippen LogP contribution in [0.2, 0.25) is 0 Å². The van der Waals surface area contributed by atoms with Gasteiger partial charge < -0.3 is 14.8 Å². The Bertz CT molecular complexity index is 382. The van der Waals surface area contributed by atoms with Crippen molar-refractivity contribution in [3.05, 3.63) is 29.1 Å². The van der Waals surface area contributed by atoms with Gasteiger partial charge in [0.2, 0.25) is 0 Å². The van der Waals surface area contributed by atoms with E-state index in [1.807, 2.05) is 20.9 Å². The van der Waals surface area contributed by atoms with Crippen molar-refractivity contribution in [3.63, 3.8) is 0 Å². The minimum Gasteiger partial charge on any atom is -0.491 e. The molecule has 1 N–H and O–H groups in total. The molecule has 0 spiro atoms. The predicted octanol–water partition coefficient (Wildman–Crippen LogP) is 2.83. The molecule has 0 amide bonds. The Balaban J connectivity index is 2.83. The smallest absolute Gasteiger partial charge is 0.126 e. The standard InChI is InChI=1S/C14H22FNO2/c1-5-17-6-7-18-14-8-10(2)13(15)9-12(14)11(3)16-4/h8-9,11,16H,5-7H2,1-4H3. The maximum Gasteiger partial charge on any atom is 0.126 e. The van der Waals surface area contributed by atoms with Gasteiger partial charge in [0, 0.05) is 18.2 Å². The first-order valence-corrected chi connectivity index (χ1v) is 6.28. The third kappa shape index (κ3) is 3.96. The van der Waals surface area contributed by atoms with Crippen LogP contribution in [0.5, 0.6) is 5.75 Å². The lowest BCUT2D eigenvalue weighted by Gasteiger charge is -2.17. The number of aryl methyl sites for hydroxylation is 1. The molecule has 4 heteroatoms. The first-order chi connectivity index (χ1) is 8.60. The summed E-state index contributed by atoms with van der Waals surface area (Å²) in [6.45, 7) is 7.34. The van der Waals surface area contributed by atoms with Crippen molar-refractivity contribution in [2.75, 3.05) is 26.9 Å². The van der Waals surface area contributed by atoms with E-state index >= 15 is 0 Å². The molecule has 1 rings (SSSR count). The van der Waals surface area contributed by atoms with Gasteiger partial charge in [-0.05, 0) is 45.5 Å². The normalized spacial score (nSPS) is 12.5.